The molecule has 18 heavy (non-hydrogen) atoms. The SMILES string of the molecule is CC.CC.CC(C)=CN=C(C)OCCCN(C)C. The van der Waals surface area contributed by atoms with E-state index in [9.17, 15) is 0 Å². The maximum Gasteiger partial charge on any atom is 0.184 e. The monoisotopic (exact) mass is 258 g/mol. The molecule has 110 valence electrons. The van der Waals surface area contributed by atoms with Crippen LogP contribution in [0.25, 0.3) is 0 Å². The van der Waals surface area contributed by atoms with Gasteiger partial charge in [-0.3, -0.25) is 0 Å². The average molecular weight is 258 g/mol. The van der Waals surface area contributed by atoms with Crippen molar-refractivity contribution in [3.8, 4) is 0 Å². The van der Waals surface area contributed by atoms with Gasteiger partial charge in [-0.25, -0.2) is 4.99 Å². The van der Waals surface area contributed by atoms with E-state index < -0.39 is 0 Å². The third-order valence-corrected chi connectivity index (χ3v) is 1.57. The van der Waals surface area contributed by atoms with E-state index in [1.165, 1.54) is 5.57 Å². The zero-order chi connectivity index (χ0) is 15.0. The molecule has 0 aliphatic rings. The van der Waals surface area contributed by atoms with Gasteiger partial charge in [-0.05, 0) is 34.4 Å². The van der Waals surface area contributed by atoms with Gasteiger partial charge in [0.25, 0.3) is 0 Å². The molecule has 3 nitrogen and oxygen atoms in total. The molecule has 0 aromatic carbocycles. The summed E-state index contributed by atoms with van der Waals surface area (Å²) < 4.78 is 5.42. The summed E-state index contributed by atoms with van der Waals surface area (Å²) in [5.41, 5.74) is 1.18. The Hall–Kier alpha value is -0.830. The lowest BCUT2D eigenvalue weighted by molar-refractivity contribution is 0.269. The van der Waals surface area contributed by atoms with Gasteiger partial charge in [0.15, 0.2) is 5.90 Å². The molecule has 0 aliphatic carbocycles. The maximum atomic E-state index is 5.42. The van der Waals surface area contributed by atoms with Gasteiger partial charge in [-0.2, -0.15) is 0 Å². The highest BCUT2D eigenvalue weighted by Gasteiger charge is 1.92. The lowest BCUT2D eigenvalue weighted by atomic mass is 10.4. The number of hydrogen-bond donors (Lipinski definition) is 0. The summed E-state index contributed by atoms with van der Waals surface area (Å²) in [6.07, 6.45) is 2.86. The van der Waals surface area contributed by atoms with E-state index in [4.69, 9.17) is 4.74 Å². The van der Waals surface area contributed by atoms with Crippen molar-refractivity contribution in [2.75, 3.05) is 27.2 Å². The van der Waals surface area contributed by atoms with Crippen LogP contribution in [0.3, 0.4) is 0 Å². The normalized spacial score (nSPS) is 9.78. The largest absolute Gasteiger partial charge is 0.481 e. The van der Waals surface area contributed by atoms with Gasteiger partial charge in [0.05, 0.1) is 6.61 Å². The van der Waals surface area contributed by atoms with Crippen molar-refractivity contribution in [2.24, 2.45) is 4.99 Å². The van der Waals surface area contributed by atoms with Gasteiger partial charge in [0.2, 0.25) is 0 Å². The standard InChI is InChI=1S/C11H22N2O.2C2H6/c1-10(2)9-12-11(3)14-8-6-7-13(4)5;2*1-2/h9H,6-8H2,1-5H3;2*1-2H3. The summed E-state index contributed by atoms with van der Waals surface area (Å²) in [6.45, 7) is 15.7. The van der Waals surface area contributed by atoms with Gasteiger partial charge in [-0.15, -0.1) is 0 Å². The highest BCUT2D eigenvalue weighted by molar-refractivity contribution is 5.73. The molecule has 3 heteroatoms. The molecule has 0 N–H and O–H groups in total. The average Bonchev–Trinajstić information content (AvgIpc) is 2.37. The van der Waals surface area contributed by atoms with Crippen molar-refractivity contribution >= 4 is 5.90 Å². The maximum absolute atomic E-state index is 5.42. The minimum absolute atomic E-state index is 0.740. The first-order valence-electron chi connectivity index (χ1n) is 6.97. The van der Waals surface area contributed by atoms with Gasteiger partial charge in [-0.1, -0.05) is 33.3 Å². The zero-order valence-electron chi connectivity index (χ0n) is 14.0. The van der Waals surface area contributed by atoms with Crippen LogP contribution in [0.1, 0.15) is 54.9 Å². The van der Waals surface area contributed by atoms with Crippen molar-refractivity contribution in [3.63, 3.8) is 0 Å². The predicted octanol–water partition coefficient (Wildman–Crippen LogP) is 4.35. The first-order valence-corrected chi connectivity index (χ1v) is 6.97. The Kier molecular flexibility index (Phi) is 23.0. The van der Waals surface area contributed by atoms with Crippen LogP contribution in [-0.2, 0) is 4.74 Å². The zero-order valence-corrected chi connectivity index (χ0v) is 14.0. The number of rotatable bonds is 5. The Morgan fingerprint density at radius 1 is 1.06 bits per heavy atom. The number of nitrogens with zero attached hydrogens (tertiary/aromatic N) is 2. The molecule has 0 saturated carbocycles. The summed E-state index contributed by atoms with van der Waals surface area (Å²) >= 11 is 0. The summed E-state index contributed by atoms with van der Waals surface area (Å²) in [5, 5.41) is 0. The van der Waals surface area contributed by atoms with Crippen LogP contribution in [0.15, 0.2) is 16.8 Å². The molecule has 0 amide bonds. The van der Waals surface area contributed by atoms with Crippen molar-refractivity contribution in [3.05, 3.63) is 11.8 Å². The highest BCUT2D eigenvalue weighted by atomic mass is 16.5. The molecule has 0 aromatic heterocycles. The lowest BCUT2D eigenvalue weighted by Gasteiger charge is -2.09. The first kappa shape index (κ1) is 22.4. The Balaban J connectivity index is -0.000000506. The molecule has 0 bridgehead atoms. The molecule has 0 radical (unpaired) electrons. The van der Waals surface area contributed by atoms with E-state index in [0.717, 1.165) is 25.5 Å². The molecule has 0 fully saturated rings. The van der Waals surface area contributed by atoms with E-state index in [-0.39, 0.29) is 0 Å². The van der Waals surface area contributed by atoms with Crippen molar-refractivity contribution in [1.29, 1.82) is 0 Å². The molecule has 0 heterocycles. The van der Waals surface area contributed by atoms with Gasteiger partial charge < -0.3 is 9.64 Å². The quantitative estimate of drug-likeness (QED) is 0.416. The minimum atomic E-state index is 0.740. The second-order valence-electron chi connectivity index (χ2n) is 3.86. The van der Waals surface area contributed by atoms with Crippen LogP contribution in [0.4, 0.5) is 0 Å². The van der Waals surface area contributed by atoms with Crippen LogP contribution in [0, 0.1) is 0 Å². The highest BCUT2D eigenvalue weighted by Crippen LogP contribution is 1.92. The fourth-order valence-corrected chi connectivity index (χ4v) is 0.858. The Morgan fingerprint density at radius 2 is 1.56 bits per heavy atom. The summed E-state index contributed by atoms with van der Waals surface area (Å²) in [5.74, 6) is 0.741. The molecular formula is C15H34N2O. The van der Waals surface area contributed by atoms with Crippen LogP contribution in [-0.4, -0.2) is 38.0 Å². The fourth-order valence-electron chi connectivity index (χ4n) is 0.858. The number of ether oxygens (including phenoxy) is 1. The molecule has 0 rings (SSSR count). The van der Waals surface area contributed by atoms with Crippen LogP contribution < -0.4 is 0 Å². The van der Waals surface area contributed by atoms with Crippen molar-refractivity contribution in [1.82, 2.24) is 4.90 Å². The van der Waals surface area contributed by atoms with Crippen LogP contribution >= 0.6 is 0 Å². The van der Waals surface area contributed by atoms with Gasteiger partial charge >= 0.3 is 0 Å². The number of hydrogen-bond acceptors (Lipinski definition) is 3. The Labute approximate surface area is 115 Å². The topological polar surface area (TPSA) is 24.8 Å². The predicted molar refractivity (Wildman–Crippen MR) is 84.4 cm³/mol. The number of aliphatic imine (C=N–C) groups is 1. The minimum Gasteiger partial charge on any atom is -0.481 e. The van der Waals surface area contributed by atoms with Crippen LogP contribution in [0.2, 0.25) is 0 Å². The van der Waals surface area contributed by atoms with Crippen LogP contribution in [0.5, 0.6) is 0 Å². The van der Waals surface area contributed by atoms with E-state index in [1.54, 1.807) is 0 Å². The lowest BCUT2D eigenvalue weighted by Crippen LogP contribution is -2.15. The second-order valence-corrected chi connectivity index (χ2v) is 3.86. The van der Waals surface area contributed by atoms with E-state index >= 15 is 0 Å². The molecule has 0 atom stereocenters. The molecule has 0 unspecified atom stereocenters. The summed E-state index contributed by atoms with van der Waals surface area (Å²) in [7, 11) is 4.12. The number of allylic oxidation sites excluding steroid dienone is 1. The van der Waals surface area contributed by atoms with Gasteiger partial charge in [0, 0.05) is 19.7 Å². The summed E-state index contributed by atoms with van der Waals surface area (Å²) in [6, 6.07) is 0. The third-order valence-electron chi connectivity index (χ3n) is 1.57. The third kappa shape index (κ3) is 24.4. The van der Waals surface area contributed by atoms with Gasteiger partial charge in [0.1, 0.15) is 0 Å². The molecule has 0 spiro atoms. The van der Waals surface area contributed by atoms with E-state index in [0.29, 0.717) is 0 Å². The smallest absolute Gasteiger partial charge is 0.184 e. The second kappa shape index (κ2) is 18.5. The Bertz CT molecular complexity index is 205. The van der Waals surface area contributed by atoms with Crippen molar-refractivity contribution < 1.29 is 4.74 Å². The molecular weight excluding hydrogens is 224 g/mol. The van der Waals surface area contributed by atoms with Crippen molar-refractivity contribution in [2.45, 2.75) is 54.9 Å². The molecule has 0 saturated heterocycles. The van der Waals surface area contributed by atoms with E-state index in [2.05, 4.69) is 24.0 Å². The van der Waals surface area contributed by atoms with E-state index in [1.807, 2.05) is 54.7 Å². The molecule has 0 aliphatic heterocycles. The molecule has 0 aromatic rings. The fraction of sp³-hybridized carbons (Fsp3) is 0.800. The first-order chi connectivity index (χ1) is 8.52. The Morgan fingerprint density at radius 3 is 1.94 bits per heavy atom. The summed E-state index contributed by atoms with van der Waals surface area (Å²) in [4.78, 5) is 6.30.